The monoisotopic (exact) mass is 536 g/mol. The number of amides is 3. The fourth-order valence-corrected chi connectivity index (χ4v) is 6.42. The van der Waals surface area contributed by atoms with E-state index < -0.39 is 40.4 Å². The Morgan fingerprint density at radius 3 is 2.21 bits per heavy atom. The maximum Gasteiger partial charge on any atom is 0.339 e. The minimum atomic E-state index is -4.25. The van der Waals surface area contributed by atoms with Gasteiger partial charge in [0, 0.05) is 31.9 Å². The van der Waals surface area contributed by atoms with Gasteiger partial charge in [-0.1, -0.05) is 42.5 Å². The van der Waals surface area contributed by atoms with Gasteiger partial charge in [-0.15, -0.1) is 0 Å². The second-order valence-corrected chi connectivity index (χ2v) is 11.4. The van der Waals surface area contributed by atoms with Gasteiger partial charge >= 0.3 is 6.03 Å². The molecule has 0 N–H and O–H groups in total. The van der Waals surface area contributed by atoms with E-state index in [1.165, 1.54) is 30.3 Å². The highest BCUT2D eigenvalue weighted by molar-refractivity contribution is 7.89. The van der Waals surface area contributed by atoms with Gasteiger partial charge in [0.2, 0.25) is 5.91 Å². The molecule has 2 aliphatic heterocycles. The van der Waals surface area contributed by atoms with Crippen molar-refractivity contribution in [2.75, 3.05) is 42.5 Å². The van der Waals surface area contributed by atoms with Crippen LogP contribution in [0, 0.1) is 19.7 Å². The number of aryl methyl sites for hydroxylation is 2. The van der Waals surface area contributed by atoms with Gasteiger partial charge in [0.05, 0.1) is 17.1 Å². The molecular formula is C28H29FN4O4S. The minimum absolute atomic E-state index is 0.0722. The standard InChI is InChI=1S/C28H29FN4O4S/c1-20-12-13-21(2)25(18-20)30-14-16-31(17-15-30)27(34)26-19-32(38(36,37)22-8-4-3-5-9-22)28(35)33(26)24-11-7-6-10-23(24)29/h3-13,18,26H,14-17,19H2,1-2H3. The molecule has 2 aliphatic rings. The summed E-state index contributed by atoms with van der Waals surface area (Å²) in [6.45, 7) is 5.64. The minimum Gasteiger partial charge on any atom is -0.368 e. The van der Waals surface area contributed by atoms with Crippen LogP contribution in [0.15, 0.2) is 77.7 Å². The number of hydrogen-bond acceptors (Lipinski definition) is 5. The number of urea groups is 1. The van der Waals surface area contributed by atoms with Crippen molar-refractivity contribution < 1.29 is 22.4 Å². The van der Waals surface area contributed by atoms with Crippen molar-refractivity contribution in [2.45, 2.75) is 24.8 Å². The van der Waals surface area contributed by atoms with Crippen molar-refractivity contribution in [1.82, 2.24) is 9.21 Å². The number of para-hydroxylation sites is 1. The Morgan fingerprint density at radius 1 is 0.868 bits per heavy atom. The molecule has 1 unspecified atom stereocenters. The summed E-state index contributed by atoms with van der Waals surface area (Å²) in [5, 5.41) is 0. The number of carbonyl (C=O) groups excluding carboxylic acids is 2. The van der Waals surface area contributed by atoms with E-state index in [9.17, 15) is 22.4 Å². The molecule has 2 fully saturated rings. The summed E-state index contributed by atoms with van der Waals surface area (Å²) in [7, 11) is -4.25. The summed E-state index contributed by atoms with van der Waals surface area (Å²) in [5.74, 6) is -1.12. The topological polar surface area (TPSA) is 81.2 Å². The molecule has 0 aliphatic carbocycles. The van der Waals surface area contributed by atoms with Gasteiger partial charge in [-0.3, -0.25) is 9.69 Å². The van der Waals surface area contributed by atoms with Gasteiger partial charge in [-0.25, -0.2) is 21.9 Å². The zero-order valence-electron chi connectivity index (χ0n) is 21.2. The lowest BCUT2D eigenvalue weighted by Gasteiger charge is -2.38. The largest absolute Gasteiger partial charge is 0.368 e. The molecule has 2 heterocycles. The highest BCUT2D eigenvalue weighted by Crippen LogP contribution is 2.32. The third kappa shape index (κ3) is 4.60. The number of rotatable bonds is 5. The van der Waals surface area contributed by atoms with Gasteiger partial charge in [-0.05, 0) is 55.3 Å². The van der Waals surface area contributed by atoms with Crippen molar-refractivity contribution in [3.8, 4) is 0 Å². The summed E-state index contributed by atoms with van der Waals surface area (Å²) in [4.78, 5) is 32.0. The van der Waals surface area contributed by atoms with E-state index in [-0.39, 0.29) is 10.6 Å². The molecule has 0 saturated carbocycles. The second-order valence-electron chi connectivity index (χ2n) is 9.57. The number of halogens is 1. The Balaban J connectivity index is 1.42. The van der Waals surface area contributed by atoms with Crippen LogP contribution in [0.1, 0.15) is 11.1 Å². The molecule has 0 spiro atoms. The van der Waals surface area contributed by atoms with Gasteiger partial charge in [0.15, 0.2) is 0 Å². The van der Waals surface area contributed by atoms with Crippen molar-refractivity contribution in [3.63, 3.8) is 0 Å². The summed E-state index contributed by atoms with van der Waals surface area (Å²) in [5.41, 5.74) is 3.27. The van der Waals surface area contributed by atoms with Gasteiger partial charge in [0.1, 0.15) is 11.9 Å². The van der Waals surface area contributed by atoms with Crippen LogP contribution in [0.4, 0.5) is 20.6 Å². The predicted octanol–water partition coefficient (Wildman–Crippen LogP) is 3.79. The third-order valence-electron chi connectivity index (χ3n) is 7.09. The number of carbonyl (C=O) groups is 2. The molecule has 38 heavy (non-hydrogen) atoms. The Morgan fingerprint density at radius 2 is 1.53 bits per heavy atom. The highest BCUT2D eigenvalue weighted by Gasteiger charge is 2.49. The molecule has 3 aromatic rings. The molecule has 0 bridgehead atoms. The first-order valence-corrected chi connectivity index (χ1v) is 13.9. The molecule has 3 aromatic carbocycles. The van der Waals surface area contributed by atoms with Crippen LogP contribution < -0.4 is 9.80 Å². The molecule has 0 aromatic heterocycles. The van der Waals surface area contributed by atoms with Crippen LogP contribution in [0.3, 0.4) is 0 Å². The summed E-state index contributed by atoms with van der Waals surface area (Å²) in [6, 6.07) is 17.2. The van der Waals surface area contributed by atoms with Crippen LogP contribution >= 0.6 is 0 Å². The number of nitrogens with zero attached hydrogens (tertiary/aromatic N) is 4. The quantitative estimate of drug-likeness (QED) is 0.496. The number of piperazine rings is 1. The molecule has 198 valence electrons. The maximum absolute atomic E-state index is 14.9. The average molecular weight is 537 g/mol. The molecule has 8 nitrogen and oxygen atoms in total. The normalized spacial score (nSPS) is 18.3. The summed E-state index contributed by atoms with van der Waals surface area (Å²) in [6.07, 6.45) is 0. The molecule has 0 radical (unpaired) electrons. The fourth-order valence-electron chi connectivity index (χ4n) is 5.04. The summed E-state index contributed by atoms with van der Waals surface area (Å²) < 4.78 is 42.3. The van der Waals surface area contributed by atoms with E-state index in [0.717, 1.165) is 21.7 Å². The fraction of sp³-hybridized carbons (Fsp3) is 0.286. The molecular weight excluding hydrogens is 507 g/mol. The van der Waals surface area contributed by atoms with E-state index in [1.807, 2.05) is 13.8 Å². The van der Waals surface area contributed by atoms with Crippen LogP contribution in [0.2, 0.25) is 0 Å². The van der Waals surface area contributed by atoms with Crippen molar-refractivity contribution in [2.24, 2.45) is 0 Å². The Bertz CT molecular complexity index is 1470. The van der Waals surface area contributed by atoms with Gasteiger partial charge in [0.25, 0.3) is 10.0 Å². The van der Waals surface area contributed by atoms with Crippen LogP contribution in [0.5, 0.6) is 0 Å². The van der Waals surface area contributed by atoms with E-state index in [2.05, 4.69) is 23.1 Å². The Hall–Kier alpha value is -3.92. The molecule has 1 atom stereocenters. The second kappa shape index (κ2) is 10.1. The highest BCUT2D eigenvalue weighted by atomic mass is 32.2. The van der Waals surface area contributed by atoms with E-state index >= 15 is 0 Å². The zero-order valence-corrected chi connectivity index (χ0v) is 22.1. The SMILES string of the molecule is Cc1ccc(C)c(N2CCN(C(=O)C3CN(S(=O)(=O)c4ccccc4)C(=O)N3c3ccccc3F)CC2)c1. The first kappa shape index (κ1) is 25.7. The van der Waals surface area contributed by atoms with Gasteiger partial charge < -0.3 is 9.80 Å². The first-order valence-electron chi connectivity index (χ1n) is 12.4. The van der Waals surface area contributed by atoms with Crippen LogP contribution in [-0.4, -0.2) is 68.3 Å². The first-order chi connectivity index (χ1) is 18.2. The lowest BCUT2D eigenvalue weighted by Crippen LogP contribution is -2.55. The average Bonchev–Trinajstić information content (AvgIpc) is 3.28. The number of sulfonamides is 1. The lowest BCUT2D eigenvalue weighted by atomic mass is 10.1. The van der Waals surface area contributed by atoms with Crippen molar-refractivity contribution in [1.29, 1.82) is 0 Å². The number of anilines is 2. The van der Waals surface area contributed by atoms with Gasteiger partial charge in [-0.2, -0.15) is 0 Å². The maximum atomic E-state index is 14.9. The van der Waals surface area contributed by atoms with Crippen molar-refractivity contribution >= 4 is 33.3 Å². The smallest absolute Gasteiger partial charge is 0.339 e. The van der Waals surface area contributed by atoms with E-state index in [0.29, 0.717) is 30.5 Å². The van der Waals surface area contributed by atoms with E-state index in [4.69, 9.17) is 0 Å². The van der Waals surface area contributed by atoms with Crippen LogP contribution in [-0.2, 0) is 14.8 Å². The molecule has 3 amide bonds. The number of hydrogen-bond donors (Lipinski definition) is 0. The molecule has 10 heteroatoms. The third-order valence-corrected chi connectivity index (χ3v) is 8.85. The zero-order chi connectivity index (χ0) is 27.0. The predicted molar refractivity (Wildman–Crippen MR) is 143 cm³/mol. The Kier molecular flexibility index (Phi) is 6.83. The van der Waals surface area contributed by atoms with Crippen molar-refractivity contribution in [3.05, 3.63) is 89.7 Å². The Labute approximate surface area is 221 Å². The van der Waals surface area contributed by atoms with E-state index in [1.54, 1.807) is 29.2 Å². The molecule has 2 saturated heterocycles. The van der Waals surface area contributed by atoms with Crippen LogP contribution in [0.25, 0.3) is 0 Å². The lowest BCUT2D eigenvalue weighted by molar-refractivity contribution is -0.132. The molecule has 5 rings (SSSR count). The number of benzene rings is 3. The summed E-state index contributed by atoms with van der Waals surface area (Å²) >= 11 is 0.